The maximum Gasteiger partial charge on any atom is 0.244 e. The molecule has 1 aliphatic rings. The monoisotopic (exact) mass is 430 g/mol. The van der Waals surface area contributed by atoms with Crippen LogP contribution in [0, 0.1) is 5.41 Å². The number of aromatic nitrogens is 4. The molecule has 1 aromatic carbocycles. The first-order valence-electron chi connectivity index (χ1n) is 10.6. The summed E-state index contributed by atoms with van der Waals surface area (Å²) in [6.45, 7) is 2.01. The molecule has 1 fully saturated rings. The Morgan fingerprint density at radius 1 is 1.25 bits per heavy atom. The number of methoxy groups -OCH3 is 1. The van der Waals surface area contributed by atoms with Crippen LogP contribution >= 0.6 is 0 Å². The number of fused-ring (bicyclic) bond motifs is 2. The van der Waals surface area contributed by atoms with Gasteiger partial charge in [0.1, 0.15) is 5.52 Å². The summed E-state index contributed by atoms with van der Waals surface area (Å²) in [5.41, 5.74) is 3.47. The first-order valence-corrected chi connectivity index (χ1v) is 10.6. The van der Waals surface area contributed by atoms with E-state index < -0.39 is 0 Å². The molecule has 1 saturated carbocycles. The summed E-state index contributed by atoms with van der Waals surface area (Å²) in [5.74, 6) is 1.15. The van der Waals surface area contributed by atoms with Gasteiger partial charge in [0.05, 0.1) is 18.0 Å². The number of hydrogen-bond acceptors (Lipinski definition) is 6. The first kappa shape index (κ1) is 20.2. The Labute approximate surface area is 186 Å². The number of ether oxygens (including phenoxy) is 1. The maximum absolute atomic E-state index is 12.4. The van der Waals surface area contributed by atoms with Gasteiger partial charge in [-0.3, -0.25) is 9.78 Å². The van der Waals surface area contributed by atoms with Crippen molar-refractivity contribution < 1.29 is 9.53 Å². The lowest BCUT2D eigenvalue weighted by Gasteiger charge is -2.45. The molecule has 0 unspecified atom stereocenters. The van der Waals surface area contributed by atoms with E-state index in [1.54, 1.807) is 36.8 Å². The number of anilines is 1. The van der Waals surface area contributed by atoms with Crippen molar-refractivity contribution >= 4 is 28.3 Å². The molecular weight excluding hydrogens is 404 g/mol. The van der Waals surface area contributed by atoms with Gasteiger partial charge < -0.3 is 15.0 Å². The van der Waals surface area contributed by atoms with Gasteiger partial charge in [-0.1, -0.05) is 19.1 Å². The zero-order valence-electron chi connectivity index (χ0n) is 18.7. The summed E-state index contributed by atoms with van der Waals surface area (Å²) in [6, 6.07) is 12.3. The van der Waals surface area contributed by atoms with Crippen molar-refractivity contribution in [3.05, 3.63) is 48.8 Å². The van der Waals surface area contributed by atoms with Gasteiger partial charge in [-0.15, -0.1) is 5.10 Å². The fourth-order valence-corrected chi connectivity index (χ4v) is 4.70. The zero-order valence-corrected chi connectivity index (χ0v) is 18.7. The van der Waals surface area contributed by atoms with Crippen LogP contribution < -0.4 is 10.1 Å². The number of carbonyl (C=O) groups excluding carboxylic acids is 1. The molecule has 0 spiro atoms. The molecule has 164 valence electrons. The van der Waals surface area contributed by atoms with Crippen LogP contribution in [-0.4, -0.2) is 57.6 Å². The van der Waals surface area contributed by atoms with Crippen molar-refractivity contribution in [1.29, 1.82) is 0 Å². The van der Waals surface area contributed by atoms with Gasteiger partial charge in [0, 0.05) is 43.5 Å². The van der Waals surface area contributed by atoms with Crippen LogP contribution in [0.4, 0.5) is 5.95 Å². The van der Waals surface area contributed by atoms with E-state index in [1.807, 2.05) is 43.5 Å². The highest BCUT2D eigenvalue weighted by molar-refractivity contribution is 5.90. The molecule has 0 aliphatic heterocycles. The Balaban J connectivity index is 1.44. The van der Waals surface area contributed by atoms with E-state index in [2.05, 4.69) is 26.4 Å². The highest BCUT2D eigenvalue weighted by Crippen LogP contribution is 2.43. The summed E-state index contributed by atoms with van der Waals surface area (Å²) in [7, 11) is 5.21. The fraction of sp³-hybridized carbons (Fsp3) is 0.333. The Morgan fingerprint density at radius 3 is 2.81 bits per heavy atom. The molecule has 1 amide bonds. The number of nitrogens with zero attached hydrogens (tertiary/aromatic N) is 5. The Kier molecular flexibility index (Phi) is 4.73. The zero-order chi connectivity index (χ0) is 22.5. The molecule has 0 atom stereocenters. The number of rotatable bonds is 5. The second-order valence-corrected chi connectivity index (χ2v) is 8.89. The summed E-state index contributed by atoms with van der Waals surface area (Å²) in [5, 5.41) is 9.09. The lowest BCUT2D eigenvalue weighted by Crippen LogP contribution is -2.52. The molecule has 5 rings (SSSR count). The van der Waals surface area contributed by atoms with Crippen LogP contribution in [-0.2, 0) is 4.79 Å². The molecule has 32 heavy (non-hydrogen) atoms. The highest BCUT2D eigenvalue weighted by atomic mass is 16.5. The van der Waals surface area contributed by atoms with Crippen LogP contribution in [0.25, 0.3) is 27.5 Å². The number of amides is 1. The van der Waals surface area contributed by atoms with E-state index in [4.69, 9.17) is 4.74 Å². The third-order valence-corrected chi connectivity index (χ3v) is 6.24. The highest BCUT2D eigenvalue weighted by Gasteiger charge is 2.47. The number of carbonyl (C=O) groups is 1. The summed E-state index contributed by atoms with van der Waals surface area (Å²) in [4.78, 5) is 23.1. The normalized spacial score (nSPS) is 20.2. The van der Waals surface area contributed by atoms with E-state index in [0.29, 0.717) is 11.8 Å². The van der Waals surface area contributed by atoms with Crippen molar-refractivity contribution in [2.24, 2.45) is 5.41 Å². The first-order chi connectivity index (χ1) is 15.4. The molecule has 0 radical (unpaired) electrons. The second kappa shape index (κ2) is 7.47. The quantitative estimate of drug-likeness (QED) is 0.521. The van der Waals surface area contributed by atoms with Crippen molar-refractivity contribution in [2.45, 2.75) is 25.8 Å². The van der Waals surface area contributed by atoms with E-state index in [9.17, 15) is 4.79 Å². The minimum Gasteiger partial charge on any atom is -0.479 e. The molecule has 1 aliphatic carbocycles. The Bertz CT molecular complexity index is 1320. The van der Waals surface area contributed by atoms with E-state index in [-0.39, 0.29) is 17.4 Å². The van der Waals surface area contributed by atoms with Gasteiger partial charge in [0.15, 0.2) is 0 Å². The lowest BCUT2D eigenvalue weighted by atomic mass is 9.66. The smallest absolute Gasteiger partial charge is 0.244 e. The van der Waals surface area contributed by atoms with Crippen LogP contribution in [0.5, 0.6) is 5.88 Å². The summed E-state index contributed by atoms with van der Waals surface area (Å²) in [6.07, 6.45) is 5.20. The molecule has 0 bridgehead atoms. The number of pyridine rings is 1. The number of hydrogen-bond donors (Lipinski definition) is 1. The van der Waals surface area contributed by atoms with Gasteiger partial charge in [-0.05, 0) is 42.7 Å². The minimum absolute atomic E-state index is 0.147. The van der Waals surface area contributed by atoms with Crippen molar-refractivity contribution in [3.8, 4) is 17.0 Å². The molecule has 8 nitrogen and oxygen atoms in total. The standard InChI is InChI=1S/C24H26N6O2/c1-24(22(31)29(2)3)13-17(14-24)26-23-27-21(32-4)20-18(9-11-30(20)28-23)15-7-8-19-16(12-15)6-5-10-25-19/h5-12,17H,13-14H2,1-4H3,(H,26,28). The predicted octanol–water partition coefficient (Wildman–Crippen LogP) is 3.62. The topological polar surface area (TPSA) is 84.6 Å². The number of benzene rings is 1. The molecule has 3 aromatic heterocycles. The number of nitrogens with one attached hydrogen (secondary N) is 1. The molecular formula is C24H26N6O2. The van der Waals surface area contributed by atoms with Crippen molar-refractivity contribution in [3.63, 3.8) is 0 Å². The van der Waals surface area contributed by atoms with Gasteiger partial charge in [0.25, 0.3) is 0 Å². The largest absolute Gasteiger partial charge is 0.479 e. The van der Waals surface area contributed by atoms with E-state index in [1.165, 1.54) is 0 Å². The van der Waals surface area contributed by atoms with Gasteiger partial charge >= 0.3 is 0 Å². The van der Waals surface area contributed by atoms with Crippen LogP contribution in [0.15, 0.2) is 48.8 Å². The Morgan fingerprint density at radius 2 is 2.06 bits per heavy atom. The predicted molar refractivity (Wildman–Crippen MR) is 124 cm³/mol. The van der Waals surface area contributed by atoms with Gasteiger partial charge in [0.2, 0.25) is 17.7 Å². The summed E-state index contributed by atoms with van der Waals surface area (Å²) >= 11 is 0. The SMILES string of the molecule is COc1nc(NC2CC(C)(C(=O)N(C)C)C2)nn2ccc(-c3ccc4ncccc4c3)c12. The minimum atomic E-state index is -0.332. The average molecular weight is 431 g/mol. The molecule has 3 heterocycles. The lowest BCUT2D eigenvalue weighted by molar-refractivity contribution is -0.143. The molecule has 4 aromatic rings. The maximum atomic E-state index is 12.4. The van der Waals surface area contributed by atoms with E-state index >= 15 is 0 Å². The van der Waals surface area contributed by atoms with Gasteiger partial charge in [-0.25, -0.2) is 4.52 Å². The average Bonchev–Trinajstić information content (AvgIpc) is 3.20. The Hall–Kier alpha value is -3.68. The second-order valence-electron chi connectivity index (χ2n) is 8.89. The van der Waals surface area contributed by atoms with Gasteiger partial charge in [-0.2, -0.15) is 4.98 Å². The third kappa shape index (κ3) is 3.32. The van der Waals surface area contributed by atoms with Crippen molar-refractivity contribution in [1.82, 2.24) is 24.5 Å². The molecule has 1 N–H and O–H groups in total. The fourth-order valence-electron chi connectivity index (χ4n) is 4.70. The molecule has 8 heteroatoms. The van der Waals surface area contributed by atoms with Crippen LogP contribution in [0.2, 0.25) is 0 Å². The molecule has 0 saturated heterocycles. The summed E-state index contributed by atoms with van der Waals surface area (Å²) < 4.78 is 7.43. The third-order valence-electron chi connectivity index (χ3n) is 6.24. The van der Waals surface area contributed by atoms with Crippen molar-refractivity contribution in [2.75, 3.05) is 26.5 Å². The van der Waals surface area contributed by atoms with Crippen LogP contribution in [0.1, 0.15) is 19.8 Å². The van der Waals surface area contributed by atoms with E-state index in [0.717, 1.165) is 40.4 Å². The van der Waals surface area contributed by atoms with Crippen LogP contribution in [0.3, 0.4) is 0 Å².